The number of carbonyl (C=O) groups is 1. The van der Waals surface area contributed by atoms with Crippen molar-refractivity contribution in [1.82, 2.24) is 14.8 Å². The second kappa shape index (κ2) is 1.85. The first-order valence-electron chi connectivity index (χ1n) is 2.29. The van der Waals surface area contributed by atoms with Crippen LogP contribution in [0.4, 0.5) is 0 Å². The van der Waals surface area contributed by atoms with E-state index < -0.39 is 5.97 Å². The molecule has 0 atom stereocenters. The Kier molecular flexibility index (Phi) is 1.18. The Morgan fingerprint density at radius 2 is 2.56 bits per heavy atom. The maximum Gasteiger partial charge on any atom is 0.373 e. The Hall–Kier alpha value is -1.39. The molecule has 1 aromatic rings. The minimum atomic E-state index is -1.06. The average Bonchev–Trinajstić information content (AvgIpc) is 2.13. The van der Waals surface area contributed by atoms with Gasteiger partial charge in [-0.15, -0.1) is 0 Å². The van der Waals surface area contributed by atoms with E-state index in [1.165, 1.54) is 18.1 Å². The zero-order chi connectivity index (χ0) is 6.85. The molecule has 0 amide bonds. The molecule has 9 heavy (non-hydrogen) atoms. The summed E-state index contributed by atoms with van der Waals surface area (Å²) >= 11 is 0. The first-order chi connectivity index (χ1) is 4.22. The normalized spacial score (nSPS) is 9.44. The fourth-order valence-electron chi connectivity index (χ4n) is 0.490. The summed E-state index contributed by atoms with van der Waals surface area (Å²) in [6, 6.07) is 0. The Labute approximate surface area is 50.9 Å². The van der Waals surface area contributed by atoms with Crippen LogP contribution >= 0.6 is 0 Å². The molecule has 5 heteroatoms. The van der Waals surface area contributed by atoms with Crippen LogP contribution < -0.4 is 0 Å². The van der Waals surface area contributed by atoms with Crippen molar-refractivity contribution in [3.63, 3.8) is 0 Å². The van der Waals surface area contributed by atoms with Crippen LogP contribution in [0.15, 0.2) is 6.33 Å². The van der Waals surface area contributed by atoms with E-state index in [0.29, 0.717) is 0 Å². The SMILES string of the molecule is Cn1ncnc1C(=O)O. The summed E-state index contributed by atoms with van der Waals surface area (Å²) in [6.07, 6.45) is 1.20. The standard InChI is InChI=1S/C4H5N3O2/c1-7-3(4(8)9)5-2-6-7/h2H,1H3,(H,8,9). The van der Waals surface area contributed by atoms with E-state index in [1.54, 1.807) is 0 Å². The lowest BCUT2D eigenvalue weighted by Crippen LogP contribution is -2.06. The topological polar surface area (TPSA) is 68.0 Å². The predicted molar refractivity (Wildman–Crippen MR) is 28.0 cm³/mol. The van der Waals surface area contributed by atoms with Gasteiger partial charge < -0.3 is 5.11 Å². The summed E-state index contributed by atoms with van der Waals surface area (Å²) in [7, 11) is 1.52. The molecular weight excluding hydrogens is 122 g/mol. The quantitative estimate of drug-likeness (QED) is 0.552. The molecule has 0 aliphatic rings. The molecule has 0 saturated carbocycles. The lowest BCUT2D eigenvalue weighted by molar-refractivity contribution is 0.0678. The van der Waals surface area contributed by atoms with E-state index >= 15 is 0 Å². The molecule has 0 saturated heterocycles. The molecule has 1 rings (SSSR count). The molecule has 0 radical (unpaired) electrons. The van der Waals surface area contributed by atoms with Gasteiger partial charge in [0, 0.05) is 7.05 Å². The summed E-state index contributed by atoms with van der Waals surface area (Å²) in [5, 5.41) is 11.9. The molecule has 1 heterocycles. The molecular formula is C4H5N3O2. The number of aromatic nitrogens is 3. The van der Waals surface area contributed by atoms with E-state index in [0.717, 1.165) is 0 Å². The van der Waals surface area contributed by atoms with Gasteiger partial charge in [-0.05, 0) is 0 Å². The van der Waals surface area contributed by atoms with Gasteiger partial charge in [-0.25, -0.2) is 14.5 Å². The lowest BCUT2D eigenvalue weighted by atomic mass is 10.6. The zero-order valence-corrected chi connectivity index (χ0v) is 4.77. The van der Waals surface area contributed by atoms with Crippen LogP contribution in [0.3, 0.4) is 0 Å². The highest BCUT2D eigenvalue weighted by atomic mass is 16.4. The van der Waals surface area contributed by atoms with Gasteiger partial charge in [-0.2, -0.15) is 5.10 Å². The number of aromatic carboxylic acids is 1. The highest BCUT2D eigenvalue weighted by Gasteiger charge is 2.07. The van der Waals surface area contributed by atoms with Crippen molar-refractivity contribution >= 4 is 5.97 Å². The summed E-state index contributed by atoms with van der Waals surface area (Å²) in [4.78, 5) is 13.6. The van der Waals surface area contributed by atoms with Gasteiger partial charge in [0.2, 0.25) is 5.82 Å². The van der Waals surface area contributed by atoms with Crippen molar-refractivity contribution in [3.8, 4) is 0 Å². The number of aryl methyl sites for hydroxylation is 1. The summed E-state index contributed by atoms with van der Waals surface area (Å²) in [6.45, 7) is 0. The first-order valence-corrected chi connectivity index (χ1v) is 2.29. The number of hydrogen-bond donors (Lipinski definition) is 1. The molecule has 0 aromatic carbocycles. The Balaban J connectivity index is 3.08. The van der Waals surface area contributed by atoms with Crippen molar-refractivity contribution in [1.29, 1.82) is 0 Å². The number of rotatable bonds is 1. The van der Waals surface area contributed by atoms with Gasteiger partial charge in [-0.1, -0.05) is 0 Å². The third kappa shape index (κ3) is 0.883. The first kappa shape index (κ1) is 5.74. The average molecular weight is 127 g/mol. The number of nitrogens with zero attached hydrogens (tertiary/aromatic N) is 3. The zero-order valence-electron chi connectivity index (χ0n) is 4.77. The maximum atomic E-state index is 10.2. The molecule has 0 fully saturated rings. The highest BCUT2D eigenvalue weighted by molar-refractivity contribution is 5.83. The molecule has 1 aromatic heterocycles. The van der Waals surface area contributed by atoms with Gasteiger partial charge in [0.1, 0.15) is 6.33 Å². The Bertz CT molecular complexity index is 229. The minimum absolute atomic E-state index is 0.0463. The van der Waals surface area contributed by atoms with Crippen LogP contribution in [0.5, 0.6) is 0 Å². The minimum Gasteiger partial charge on any atom is -0.475 e. The molecule has 0 bridgehead atoms. The van der Waals surface area contributed by atoms with Gasteiger partial charge in [0.15, 0.2) is 0 Å². The molecule has 48 valence electrons. The molecule has 0 unspecified atom stereocenters. The van der Waals surface area contributed by atoms with Crippen molar-refractivity contribution in [2.75, 3.05) is 0 Å². The fourth-order valence-corrected chi connectivity index (χ4v) is 0.490. The van der Waals surface area contributed by atoms with Gasteiger partial charge in [0.05, 0.1) is 0 Å². The molecule has 5 nitrogen and oxygen atoms in total. The fraction of sp³-hybridized carbons (Fsp3) is 0.250. The van der Waals surface area contributed by atoms with Gasteiger partial charge in [-0.3, -0.25) is 0 Å². The van der Waals surface area contributed by atoms with E-state index in [1.807, 2.05) is 0 Å². The van der Waals surface area contributed by atoms with Crippen LogP contribution in [0.25, 0.3) is 0 Å². The Morgan fingerprint density at radius 1 is 1.89 bits per heavy atom. The lowest BCUT2D eigenvalue weighted by Gasteiger charge is -1.88. The summed E-state index contributed by atoms with van der Waals surface area (Å²) in [5.41, 5.74) is 0. The maximum absolute atomic E-state index is 10.2. The van der Waals surface area contributed by atoms with Crippen LogP contribution in [-0.2, 0) is 7.05 Å². The van der Waals surface area contributed by atoms with E-state index in [-0.39, 0.29) is 5.82 Å². The number of hydrogen-bond acceptors (Lipinski definition) is 3. The van der Waals surface area contributed by atoms with Gasteiger partial charge in [0.25, 0.3) is 0 Å². The van der Waals surface area contributed by atoms with Crippen molar-refractivity contribution < 1.29 is 9.90 Å². The monoisotopic (exact) mass is 127 g/mol. The summed E-state index contributed by atoms with van der Waals surface area (Å²) in [5.74, 6) is -1.11. The van der Waals surface area contributed by atoms with Crippen LogP contribution in [0.1, 0.15) is 10.6 Å². The smallest absolute Gasteiger partial charge is 0.373 e. The second-order valence-electron chi connectivity index (χ2n) is 1.51. The van der Waals surface area contributed by atoms with Crippen molar-refractivity contribution in [2.45, 2.75) is 0 Å². The van der Waals surface area contributed by atoms with E-state index in [9.17, 15) is 4.79 Å². The van der Waals surface area contributed by atoms with Gasteiger partial charge >= 0.3 is 5.97 Å². The third-order valence-corrected chi connectivity index (χ3v) is 0.903. The predicted octanol–water partition coefficient (Wildman–Crippen LogP) is -0.487. The second-order valence-corrected chi connectivity index (χ2v) is 1.51. The molecule has 0 aliphatic carbocycles. The number of carboxylic acids is 1. The molecule has 1 N–H and O–H groups in total. The highest BCUT2D eigenvalue weighted by Crippen LogP contribution is 1.87. The van der Waals surface area contributed by atoms with E-state index in [4.69, 9.17) is 5.11 Å². The summed E-state index contributed by atoms with van der Waals surface area (Å²) < 4.78 is 1.20. The number of carboxylic acid groups (broad SMARTS) is 1. The molecule has 0 aliphatic heterocycles. The van der Waals surface area contributed by atoms with Crippen molar-refractivity contribution in [3.05, 3.63) is 12.2 Å². The largest absolute Gasteiger partial charge is 0.475 e. The van der Waals surface area contributed by atoms with Crippen molar-refractivity contribution in [2.24, 2.45) is 7.05 Å². The van der Waals surface area contributed by atoms with E-state index in [2.05, 4.69) is 10.1 Å². The van der Waals surface area contributed by atoms with Crippen LogP contribution in [-0.4, -0.2) is 25.8 Å². The Morgan fingerprint density at radius 3 is 2.78 bits per heavy atom. The molecule has 0 spiro atoms. The van der Waals surface area contributed by atoms with Crippen LogP contribution in [0.2, 0.25) is 0 Å². The van der Waals surface area contributed by atoms with Crippen LogP contribution in [0, 0.1) is 0 Å². The third-order valence-electron chi connectivity index (χ3n) is 0.903.